The maximum absolute atomic E-state index is 6.23. The van der Waals surface area contributed by atoms with Crippen LogP contribution >= 0.6 is 11.6 Å². The maximum Gasteiger partial charge on any atom is 0.144 e. The number of halogens is 1. The van der Waals surface area contributed by atoms with Crippen molar-refractivity contribution in [1.29, 1.82) is 0 Å². The third kappa shape index (κ3) is 2.22. The van der Waals surface area contributed by atoms with Gasteiger partial charge >= 0.3 is 0 Å². The average Bonchev–Trinajstić information content (AvgIpc) is 2.82. The van der Waals surface area contributed by atoms with Gasteiger partial charge in [0.15, 0.2) is 0 Å². The summed E-state index contributed by atoms with van der Waals surface area (Å²) in [5.41, 5.74) is 2.10. The van der Waals surface area contributed by atoms with Crippen LogP contribution in [0.25, 0.3) is 0 Å². The summed E-state index contributed by atoms with van der Waals surface area (Å²) in [6.45, 7) is 3.03. The number of rotatable bonds is 3. The molecular weight excluding hydrogens is 238 g/mol. The predicted molar refractivity (Wildman–Crippen MR) is 69.3 cm³/mol. The molecule has 1 fully saturated rings. The van der Waals surface area contributed by atoms with Crippen molar-refractivity contribution in [3.8, 4) is 11.5 Å². The van der Waals surface area contributed by atoms with Gasteiger partial charge in [-0.15, -0.1) is 0 Å². The molecular formula is C13H18ClNO2. The first-order chi connectivity index (χ1) is 8.19. The van der Waals surface area contributed by atoms with Gasteiger partial charge in [-0.3, -0.25) is 0 Å². The molecule has 0 aliphatic carbocycles. The van der Waals surface area contributed by atoms with Gasteiger partial charge in [-0.05, 0) is 32.4 Å². The summed E-state index contributed by atoms with van der Waals surface area (Å²) in [5, 5.41) is 4.11. The Morgan fingerprint density at radius 3 is 2.53 bits per heavy atom. The van der Waals surface area contributed by atoms with Gasteiger partial charge in [0.25, 0.3) is 0 Å². The monoisotopic (exact) mass is 255 g/mol. The molecule has 0 radical (unpaired) electrons. The maximum atomic E-state index is 6.23. The van der Waals surface area contributed by atoms with Gasteiger partial charge in [-0.2, -0.15) is 0 Å². The van der Waals surface area contributed by atoms with Crippen LogP contribution in [-0.2, 0) is 0 Å². The molecule has 3 nitrogen and oxygen atoms in total. The largest absolute Gasteiger partial charge is 0.496 e. The lowest BCUT2D eigenvalue weighted by Crippen LogP contribution is -2.14. The Kier molecular flexibility index (Phi) is 3.79. The van der Waals surface area contributed by atoms with Crippen molar-refractivity contribution in [1.82, 2.24) is 5.32 Å². The minimum atomic E-state index is 0.340. The summed E-state index contributed by atoms with van der Waals surface area (Å²) < 4.78 is 10.8. The van der Waals surface area contributed by atoms with Crippen molar-refractivity contribution < 1.29 is 9.47 Å². The van der Waals surface area contributed by atoms with Crippen LogP contribution in [0.15, 0.2) is 6.07 Å². The topological polar surface area (TPSA) is 30.5 Å². The Hall–Kier alpha value is -0.930. The van der Waals surface area contributed by atoms with E-state index in [9.17, 15) is 0 Å². The van der Waals surface area contributed by atoms with E-state index in [0.29, 0.717) is 16.8 Å². The molecule has 0 aromatic heterocycles. The van der Waals surface area contributed by atoms with E-state index in [1.165, 1.54) is 6.42 Å². The molecule has 17 heavy (non-hydrogen) atoms. The molecule has 1 atom stereocenters. The van der Waals surface area contributed by atoms with Crippen molar-refractivity contribution >= 4 is 11.6 Å². The lowest BCUT2D eigenvalue weighted by Gasteiger charge is -2.20. The Bertz CT molecular complexity index is 414. The fourth-order valence-electron chi connectivity index (χ4n) is 2.50. The molecule has 1 aromatic carbocycles. The highest BCUT2D eigenvalue weighted by molar-refractivity contribution is 6.32. The number of hydrogen-bond acceptors (Lipinski definition) is 3. The zero-order valence-corrected chi connectivity index (χ0v) is 11.2. The minimum Gasteiger partial charge on any atom is -0.496 e. The fraction of sp³-hybridized carbons (Fsp3) is 0.538. The minimum absolute atomic E-state index is 0.340. The Morgan fingerprint density at radius 1 is 1.29 bits per heavy atom. The van der Waals surface area contributed by atoms with Gasteiger partial charge in [0.2, 0.25) is 0 Å². The lowest BCUT2D eigenvalue weighted by atomic mass is 10.0. The van der Waals surface area contributed by atoms with Crippen molar-refractivity contribution in [2.24, 2.45) is 0 Å². The van der Waals surface area contributed by atoms with Gasteiger partial charge in [-0.1, -0.05) is 11.6 Å². The van der Waals surface area contributed by atoms with Gasteiger partial charge < -0.3 is 14.8 Å². The van der Waals surface area contributed by atoms with Crippen molar-refractivity contribution in [3.05, 3.63) is 22.2 Å². The third-order valence-electron chi connectivity index (χ3n) is 3.29. The number of methoxy groups -OCH3 is 2. The van der Waals surface area contributed by atoms with E-state index in [4.69, 9.17) is 21.1 Å². The molecule has 0 saturated carbocycles. The van der Waals surface area contributed by atoms with E-state index in [2.05, 4.69) is 5.32 Å². The van der Waals surface area contributed by atoms with E-state index >= 15 is 0 Å². The van der Waals surface area contributed by atoms with E-state index in [-0.39, 0.29) is 0 Å². The number of hydrogen-bond donors (Lipinski definition) is 1. The zero-order chi connectivity index (χ0) is 12.4. The second-order valence-electron chi connectivity index (χ2n) is 4.29. The highest BCUT2D eigenvalue weighted by atomic mass is 35.5. The molecule has 1 aromatic rings. The van der Waals surface area contributed by atoms with Gasteiger partial charge in [0.05, 0.1) is 19.2 Å². The average molecular weight is 256 g/mol. The summed E-state index contributed by atoms with van der Waals surface area (Å²) >= 11 is 6.23. The first-order valence-electron chi connectivity index (χ1n) is 5.83. The predicted octanol–water partition coefficient (Wildman–Crippen LogP) is 3.09. The number of ether oxygens (including phenoxy) is 2. The molecule has 1 unspecified atom stereocenters. The van der Waals surface area contributed by atoms with Crippen molar-refractivity contribution in [2.45, 2.75) is 25.8 Å². The molecule has 1 heterocycles. The van der Waals surface area contributed by atoms with Crippen LogP contribution in [0.3, 0.4) is 0 Å². The van der Waals surface area contributed by atoms with Crippen LogP contribution in [0.1, 0.15) is 30.0 Å². The second-order valence-corrected chi connectivity index (χ2v) is 4.70. The van der Waals surface area contributed by atoms with Crippen LogP contribution in [0.4, 0.5) is 0 Å². The SMILES string of the molecule is COc1c(Cl)cc(C2CCCN2)c(OC)c1C. The smallest absolute Gasteiger partial charge is 0.144 e. The highest BCUT2D eigenvalue weighted by Gasteiger charge is 2.24. The molecule has 2 rings (SSSR count). The van der Waals surface area contributed by atoms with Gasteiger partial charge in [0.1, 0.15) is 11.5 Å². The summed E-state index contributed by atoms with van der Waals surface area (Å²) in [6, 6.07) is 2.29. The van der Waals surface area contributed by atoms with Crippen LogP contribution in [0.5, 0.6) is 11.5 Å². The highest BCUT2D eigenvalue weighted by Crippen LogP contribution is 2.41. The Balaban J connectivity index is 2.51. The molecule has 0 bridgehead atoms. The summed E-state index contributed by atoms with van der Waals surface area (Å²) in [7, 11) is 3.31. The van der Waals surface area contributed by atoms with E-state index in [1.54, 1.807) is 14.2 Å². The van der Waals surface area contributed by atoms with Crippen molar-refractivity contribution in [3.63, 3.8) is 0 Å². The Morgan fingerprint density at radius 2 is 2.00 bits per heavy atom. The summed E-state index contributed by atoms with van der Waals surface area (Å²) in [4.78, 5) is 0. The van der Waals surface area contributed by atoms with E-state index in [1.807, 2.05) is 13.0 Å². The molecule has 4 heteroatoms. The van der Waals surface area contributed by atoms with Gasteiger partial charge in [0, 0.05) is 17.2 Å². The van der Waals surface area contributed by atoms with Crippen LogP contribution in [0, 0.1) is 6.92 Å². The summed E-state index contributed by atoms with van der Waals surface area (Å²) in [5.74, 6) is 1.58. The third-order valence-corrected chi connectivity index (χ3v) is 3.57. The van der Waals surface area contributed by atoms with Gasteiger partial charge in [-0.25, -0.2) is 0 Å². The lowest BCUT2D eigenvalue weighted by molar-refractivity contribution is 0.381. The first kappa shape index (κ1) is 12.5. The molecule has 1 N–H and O–H groups in total. The molecule has 1 aliphatic heterocycles. The normalized spacial score (nSPS) is 19.4. The molecule has 1 aliphatic rings. The Labute approximate surface area is 107 Å². The molecule has 0 spiro atoms. The molecule has 1 saturated heterocycles. The van der Waals surface area contributed by atoms with Crippen LogP contribution < -0.4 is 14.8 Å². The van der Waals surface area contributed by atoms with Crippen LogP contribution in [0.2, 0.25) is 5.02 Å². The van der Waals surface area contributed by atoms with Crippen molar-refractivity contribution in [2.75, 3.05) is 20.8 Å². The second kappa shape index (κ2) is 5.15. The fourth-order valence-corrected chi connectivity index (χ4v) is 2.83. The zero-order valence-electron chi connectivity index (χ0n) is 10.5. The molecule has 94 valence electrons. The number of benzene rings is 1. The number of nitrogens with one attached hydrogen (secondary N) is 1. The summed E-state index contributed by atoms with van der Waals surface area (Å²) in [6.07, 6.45) is 2.31. The first-order valence-corrected chi connectivity index (χ1v) is 6.21. The van der Waals surface area contributed by atoms with Crippen LogP contribution in [-0.4, -0.2) is 20.8 Å². The standard InChI is InChI=1S/C13H18ClNO2/c1-8-12(16-2)9(11-5-4-6-15-11)7-10(14)13(8)17-3/h7,11,15H,4-6H2,1-3H3. The quantitative estimate of drug-likeness (QED) is 0.900. The molecule has 0 amide bonds. The van der Waals surface area contributed by atoms with E-state index in [0.717, 1.165) is 29.8 Å². The van der Waals surface area contributed by atoms with E-state index < -0.39 is 0 Å².